The molecule has 1 aliphatic heterocycles. The van der Waals surface area contributed by atoms with Gasteiger partial charge in [0.15, 0.2) is 0 Å². The molecule has 112 valence electrons. The van der Waals surface area contributed by atoms with Crippen molar-refractivity contribution < 1.29 is 8.42 Å². The highest BCUT2D eigenvalue weighted by Gasteiger charge is 2.22. The number of nitrogen functional groups attached to an aromatic ring is 1. The molecule has 1 atom stereocenters. The predicted octanol–water partition coefficient (Wildman–Crippen LogP) is 0.130. The second kappa shape index (κ2) is 6.49. The molecule has 0 spiro atoms. The summed E-state index contributed by atoms with van der Waals surface area (Å²) in [6.07, 6.45) is 4.64. The first-order valence-electron chi connectivity index (χ1n) is 6.65. The highest BCUT2D eigenvalue weighted by Crippen LogP contribution is 2.15. The van der Waals surface area contributed by atoms with Gasteiger partial charge in [-0.05, 0) is 38.6 Å². The van der Waals surface area contributed by atoms with Crippen LogP contribution in [0.5, 0.6) is 0 Å². The highest BCUT2D eigenvalue weighted by atomic mass is 32.2. The van der Waals surface area contributed by atoms with Gasteiger partial charge in [-0.1, -0.05) is 6.42 Å². The molecule has 1 saturated heterocycles. The predicted molar refractivity (Wildman–Crippen MR) is 77.5 cm³/mol. The van der Waals surface area contributed by atoms with Crippen molar-refractivity contribution in [1.29, 1.82) is 0 Å². The number of anilines is 1. The first kappa shape index (κ1) is 15.2. The van der Waals surface area contributed by atoms with Crippen molar-refractivity contribution in [3.05, 3.63) is 18.3 Å². The van der Waals surface area contributed by atoms with Crippen LogP contribution in [0.4, 0.5) is 5.82 Å². The lowest BCUT2D eigenvalue weighted by atomic mass is 10.0. The topological polar surface area (TPSA) is 100 Å². The molecule has 1 aliphatic rings. The SMILES string of the molecule is CN1CCCCC1CNS(=O)(=O)c1ccc(NN)nc1. The lowest BCUT2D eigenvalue weighted by Gasteiger charge is -2.32. The van der Waals surface area contributed by atoms with Gasteiger partial charge in [0, 0.05) is 18.8 Å². The van der Waals surface area contributed by atoms with Gasteiger partial charge in [-0.2, -0.15) is 0 Å². The highest BCUT2D eigenvalue weighted by molar-refractivity contribution is 7.89. The Morgan fingerprint density at radius 2 is 2.25 bits per heavy atom. The fourth-order valence-electron chi connectivity index (χ4n) is 2.32. The first-order valence-corrected chi connectivity index (χ1v) is 8.14. The molecule has 0 saturated carbocycles. The van der Waals surface area contributed by atoms with Crippen LogP contribution in [-0.4, -0.2) is 44.5 Å². The summed E-state index contributed by atoms with van der Waals surface area (Å²) in [4.78, 5) is 6.26. The van der Waals surface area contributed by atoms with E-state index in [1.54, 1.807) is 0 Å². The molecule has 1 aromatic heterocycles. The van der Waals surface area contributed by atoms with Crippen molar-refractivity contribution in [2.75, 3.05) is 25.6 Å². The average molecular weight is 299 g/mol. The van der Waals surface area contributed by atoms with Crippen LogP contribution in [0, 0.1) is 0 Å². The average Bonchev–Trinajstić information content (AvgIpc) is 2.46. The Bertz CT molecular complexity index is 531. The summed E-state index contributed by atoms with van der Waals surface area (Å²) in [6.45, 7) is 1.44. The van der Waals surface area contributed by atoms with E-state index in [9.17, 15) is 8.42 Å². The van der Waals surface area contributed by atoms with E-state index in [1.807, 2.05) is 7.05 Å². The summed E-state index contributed by atoms with van der Waals surface area (Å²) in [5.41, 5.74) is 2.36. The minimum Gasteiger partial charge on any atom is -0.308 e. The van der Waals surface area contributed by atoms with Crippen LogP contribution in [0.3, 0.4) is 0 Å². The fourth-order valence-corrected chi connectivity index (χ4v) is 3.33. The molecule has 0 aromatic carbocycles. The summed E-state index contributed by atoms with van der Waals surface area (Å²) >= 11 is 0. The van der Waals surface area contributed by atoms with Gasteiger partial charge in [0.05, 0.1) is 0 Å². The summed E-state index contributed by atoms with van der Waals surface area (Å²) in [5, 5.41) is 0. The maximum absolute atomic E-state index is 12.2. The summed E-state index contributed by atoms with van der Waals surface area (Å²) < 4.78 is 27.0. The third-order valence-corrected chi connectivity index (χ3v) is 5.03. The van der Waals surface area contributed by atoms with Gasteiger partial charge in [0.25, 0.3) is 0 Å². The third-order valence-electron chi connectivity index (χ3n) is 3.63. The Balaban J connectivity index is 1.99. The molecule has 2 rings (SSSR count). The van der Waals surface area contributed by atoms with Crippen LogP contribution in [0.1, 0.15) is 19.3 Å². The van der Waals surface area contributed by atoms with Gasteiger partial charge >= 0.3 is 0 Å². The number of nitrogens with zero attached hydrogens (tertiary/aromatic N) is 2. The Morgan fingerprint density at radius 3 is 2.85 bits per heavy atom. The van der Waals surface area contributed by atoms with E-state index in [1.165, 1.54) is 24.8 Å². The third kappa shape index (κ3) is 3.66. The van der Waals surface area contributed by atoms with E-state index in [0.717, 1.165) is 19.4 Å². The number of nitrogens with two attached hydrogens (primary N) is 1. The number of hydrogen-bond acceptors (Lipinski definition) is 6. The van der Waals surface area contributed by atoms with Crippen LogP contribution in [-0.2, 0) is 10.0 Å². The molecular weight excluding hydrogens is 278 g/mol. The fraction of sp³-hybridized carbons (Fsp3) is 0.583. The number of hydrogen-bond donors (Lipinski definition) is 3. The largest absolute Gasteiger partial charge is 0.308 e. The zero-order valence-corrected chi connectivity index (χ0v) is 12.4. The van der Waals surface area contributed by atoms with Gasteiger partial charge in [0.2, 0.25) is 10.0 Å². The van der Waals surface area contributed by atoms with Crippen molar-refractivity contribution >= 4 is 15.8 Å². The number of piperidine rings is 1. The van der Waals surface area contributed by atoms with Crippen LogP contribution in [0.2, 0.25) is 0 Å². The zero-order valence-electron chi connectivity index (χ0n) is 11.5. The van der Waals surface area contributed by atoms with Crippen molar-refractivity contribution in [2.24, 2.45) is 5.84 Å². The monoisotopic (exact) mass is 299 g/mol. The lowest BCUT2D eigenvalue weighted by molar-refractivity contribution is 0.187. The minimum atomic E-state index is -3.52. The Labute approximate surface area is 119 Å². The normalized spacial score (nSPS) is 20.8. The number of aromatic nitrogens is 1. The van der Waals surface area contributed by atoms with Crippen LogP contribution < -0.4 is 16.0 Å². The number of sulfonamides is 1. The number of hydrazine groups is 1. The van der Waals surface area contributed by atoms with Crippen molar-refractivity contribution in [3.8, 4) is 0 Å². The summed E-state index contributed by atoms with van der Waals surface area (Å²) in [7, 11) is -1.49. The van der Waals surface area contributed by atoms with Crippen molar-refractivity contribution in [2.45, 2.75) is 30.2 Å². The molecule has 2 heterocycles. The molecule has 20 heavy (non-hydrogen) atoms. The molecule has 0 radical (unpaired) electrons. The maximum atomic E-state index is 12.2. The molecule has 1 fully saturated rings. The quantitative estimate of drug-likeness (QED) is 0.528. The molecule has 0 amide bonds. The van der Waals surface area contributed by atoms with Crippen LogP contribution in [0.25, 0.3) is 0 Å². The van der Waals surface area contributed by atoms with Crippen LogP contribution >= 0.6 is 0 Å². The second-order valence-corrected chi connectivity index (χ2v) is 6.77. The summed E-state index contributed by atoms with van der Waals surface area (Å²) in [5.74, 6) is 5.62. The standard InChI is InChI=1S/C12H21N5O2S/c1-17-7-3-2-4-10(17)8-15-20(18,19)11-5-6-12(16-13)14-9-11/h5-6,9-10,15H,2-4,7-8,13H2,1H3,(H,14,16). The van der Waals surface area contributed by atoms with Crippen molar-refractivity contribution in [1.82, 2.24) is 14.6 Å². The van der Waals surface area contributed by atoms with Gasteiger partial charge in [-0.25, -0.2) is 24.0 Å². The minimum absolute atomic E-state index is 0.148. The lowest BCUT2D eigenvalue weighted by Crippen LogP contribution is -2.44. The maximum Gasteiger partial charge on any atom is 0.242 e. The number of likely N-dealkylation sites (N-methyl/N-ethyl adjacent to an activating group) is 1. The first-order chi connectivity index (χ1) is 9.53. The molecule has 8 heteroatoms. The molecular formula is C12H21N5O2S. The number of likely N-dealkylation sites (tertiary alicyclic amines) is 1. The smallest absolute Gasteiger partial charge is 0.242 e. The van der Waals surface area contributed by atoms with E-state index in [0.29, 0.717) is 12.4 Å². The molecule has 7 nitrogen and oxygen atoms in total. The number of nitrogens with one attached hydrogen (secondary N) is 2. The molecule has 4 N–H and O–H groups in total. The van der Waals surface area contributed by atoms with Gasteiger partial charge in [0.1, 0.15) is 10.7 Å². The van der Waals surface area contributed by atoms with Gasteiger partial charge < -0.3 is 10.3 Å². The Hall–Kier alpha value is -1.22. The Morgan fingerprint density at radius 1 is 1.45 bits per heavy atom. The van der Waals surface area contributed by atoms with Crippen LogP contribution in [0.15, 0.2) is 23.2 Å². The van der Waals surface area contributed by atoms with E-state index in [2.05, 4.69) is 20.0 Å². The Kier molecular flexibility index (Phi) is 4.92. The second-order valence-electron chi connectivity index (χ2n) is 5.01. The number of pyridine rings is 1. The molecule has 0 bridgehead atoms. The van der Waals surface area contributed by atoms with E-state index < -0.39 is 10.0 Å². The molecule has 0 aliphatic carbocycles. The zero-order chi connectivity index (χ0) is 14.6. The van der Waals surface area contributed by atoms with Gasteiger partial charge in [-0.3, -0.25) is 0 Å². The molecule has 1 unspecified atom stereocenters. The van der Waals surface area contributed by atoms with E-state index >= 15 is 0 Å². The van der Waals surface area contributed by atoms with Crippen molar-refractivity contribution in [3.63, 3.8) is 0 Å². The van der Waals surface area contributed by atoms with Gasteiger partial charge in [-0.15, -0.1) is 0 Å². The van der Waals surface area contributed by atoms with E-state index in [-0.39, 0.29) is 10.9 Å². The van der Waals surface area contributed by atoms with E-state index in [4.69, 9.17) is 5.84 Å². The number of rotatable bonds is 5. The molecule has 1 aromatic rings. The summed E-state index contributed by atoms with van der Waals surface area (Å²) in [6, 6.07) is 3.27.